The van der Waals surface area contributed by atoms with Crippen molar-refractivity contribution in [2.75, 3.05) is 20.3 Å². The van der Waals surface area contributed by atoms with Crippen molar-refractivity contribution in [3.8, 4) is 17.2 Å². The number of hydrogen-bond acceptors (Lipinski definition) is 7. The summed E-state index contributed by atoms with van der Waals surface area (Å²) in [5, 5.41) is 10.7. The first kappa shape index (κ1) is 18.4. The summed E-state index contributed by atoms with van der Waals surface area (Å²) in [6.07, 6.45) is 2.79. The van der Waals surface area contributed by atoms with E-state index in [-0.39, 0.29) is 11.3 Å². The van der Waals surface area contributed by atoms with Gasteiger partial charge >= 0.3 is 0 Å². The lowest BCUT2D eigenvalue weighted by atomic mass is 10.2. The van der Waals surface area contributed by atoms with Crippen LogP contribution in [-0.4, -0.2) is 35.2 Å². The molecule has 3 rings (SSSR count). The summed E-state index contributed by atoms with van der Waals surface area (Å²) in [5.41, 5.74) is -0.0909. The number of rotatable bonds is 7. The molecule has 0 unspecified atom stereocenters. The molecule has 0 aliphatic carbocycles. The van der Waals surface area contributed by atoms with Crippen LogP contribution in [0.15, 0.2) is 36.7 Å². The van der Waals surface area contributed by atoms with E-state index in [1.54, 1.807) is 13.2 Å². The van der Waals surface area contributed by atoms with Crippen LogP contribution in [0.4, 0.5) is 14.5 Å². The molecule has 0 aliphatic rings. The van der Waals surface area contributed by atoms with Crippen LogP contribution in [0.5, 0.6) is 17.2 Å². The van der Waals surface area contributed by atoms with E-state index in [1.165, 1.54) is 18.5 Å². The van der Waals surface area contributed by atoms with Crippen LogP contribution >= 0.6 is 0 Å². The van der Waals surface area contributed by atoms with Gasteiger partial charge in [-0.15, -0.1) is 0 Å². The van der Waals surface area contributed by atoms with Crippen LogP contribution in [0.3, 0.4) is 0 Å². The molecule has 0 saturated heterocycles. The Bertz CT molecular complexity index is 976. The van der Waals surface area contributed by atoms with Crippen LogP contribution in [0.1, 0.15) is 0 Å². The van der Waals surface area contributed by atoms with Crippen molar-refractivity contribution in [3.05, 3.63) is 58.4 Å². The topological polar surface area (TPSA) is 96.6 Å². The average molecular weight is 377 g/mol. The van der Waals surface area contributed by atoms with Crippen LogP contribution in [0.25, 0.3) is 11.0 Å². The number of fused-ring (bicyclic) bond motifs is 1. The fourth-order valence-corrected chi connectivity index (χ4v) is 2.25. The normalized spacial score (nSPS) is 10.8. The quantitative estimate of drug-likeness (QED) is 0.352. The van der Waals surface area contributed by atoms with E-state index in [9.17, 15) is 18.9 Å². The zero-order valence-corrected chi connectivity index (χ0v) is 14.0. The third-order valence-electron chi connectivity index (χ3n) is 3.48. The van der Waals surface area contributed by atoms with E-state index >= 15 is 0 Å². The van der Waals surface area contributed by atoms with Crippen molar-refractivity contribution in [2.24, 2.45) is 0 Å². The molecule has 0 fully saturated rings. The van der Waals surface area contributed by atoms with Crippen molar-refractivity contribution in [1.82, 2.24) is 9.97 Å². The summed E-state index contributed by atoms with van der Waals surface area (Å²) in [6.45, 7) is 0.715. The first-order chi connectivity index (χ1) is 13.0. The standard InChI is InChI=1S/C17H13F2N3O5/c1-25-4-5-26-11-8-14-16(21-9-11)15(2-3-20-14)27-17-12(18)6-10(22(23)24)7-13(17)19/h2-3,6-9H,4-5H2,1H3. The monoisotopic (exact) mass is 377 g/mol. The molecule has 0 spiro atoms. The highest BCUT2D eigenvalue weighted by Gasteiger charge is 2.20. The molecule has 27 heavy (non-hydrogen) atoms. The Kier molecular flexibility index (Phi) is 5.36. The molecular weight excluding hydrogens is 364 g/mol. The third kappa shape index (κ3) is 4.06. The van der Waals surface area contributed by atoms with Gasteiger partial charge in [0.25, 0.3) is 5.69 Å². The molecule has 8 nitrogen and oxygen atoms in total. The van der Waals surface area contributed by atoms with Gasteiger partial charge < -0.3 is 14.2 Å². The highest BCUT2D eigenvalue weighted by atomic mass is 19.1. The molecule has 0 atom stereocenters. The first-order valence-electron chi connectivity index (χ1n) is 7.67. The predicted molar refractivity (Wildman–Crippen MR) is 90.0 cm³/mol. The predicted octanol–water partition coefficient (Wildman–Crippen LogP) is 3.63. The molecule has 0 saturated carbocycles. The Morgan fingerprint density at radius 3 is 2.56 bits per heavy atom. The number of pyridine rings is 2. The zero-order chi connectivity index (χ0) is 19.4. The third-order valence-corrected chi connectivity index (χ3v) is 3.48. The maximum absolute atomic E-state index is 14.1. The molecule has 0 radical (unpaired) electrons. The van der Waals surface area contributed by atoms with Gasteiger partial charge in [-0.3, -0.25) is 15.1 Å². The lowest BCUT2D eigenvalue weighted by Crippen LogP contribution is -2.04. The Hall–Kier alpha value is -3.40. The second kappa shape index (κ2) is 7.87. The number of benzene rings is 1. The fourth-order valence-electron chi connectivity index (χ4n) is 2.25. The number of ether oxygens (including phenoxy) is 3. The maximum atomic E-state index is 14.1. The molecule has 0 aliphatic heterocycles. The second-order valence-electron chi connectivity index (χ2n) is 5.29. The number of aromatic nitrogens is 2. The van der Waals surface area contributed by atoms with Crippen molar-refractivity contribution in [2.45, 2.75) is 0 Å². The van der Waals surface area contributed by atoms with E-state index in [1.807, 2.05) is 0 Å². The molecule has 2 aromatic heterocycles. The van der Waals surface area contributed by atoms with Gasteiger partial charge in [0, 0.05) is 25.4 Å². The zero-order valence-electron chi connectivity index (χ0n) is 14.0. The van der Waals surface area contributed by atoms with E-state index in [4.69, 9.17) is 14.2 Å². The van der Waals surface area contributed by atoms with Crippen molar-refractivity contribution < 1.29 is 27.9 Å². The van der Waals surface area contributed by atoms with Crippen molar-refractivity contribution >= 4 is 16.7 Å². The highest BCUT2D eigenvalue weighted by Crippen LogP contribution is 2.34. The van der Waals surface area contributed by atoms with E-state index in [0.717, 1.165) is 0 Å². The van der Waals surface area contributed by atoms with E-state index in [2.05, 4.69) is 9.97 Å². The van der Waals surface area contributed by atoms with Gasteiger partial charge in [0.2, 0.25) is 0 Å². The molecule has 10 heteroatoms. The SMILES string of the molecule is COCCOc1cnc2c(Oc3c(F)cc([N+](=O)[O-])cc3F)ccnc2c1. The molecule has 0 amide bonds. The Morgan fingerprint density at radius 2 is 1.89 bits per heavy atom. The van der Waals surface area contributed by atoms with Gasteiger partial charge in [0.05, 0.1) is 35.4 Å². The Morgan fingerprint density at radius 1 is 1.15 bits per heavy atom. The molecule has 0 N–H and O–H groups in total. The lowest BCUT2D eigenvalue weighted by Gasteiger charge is -2.10. The van der Waals surface area contributed by atoms with Crippen LogP contribution in [0.2, 0.25) is 0 Å². The number of hydrogen-bond donors (Lipinski definition) is 0. The van der Waals surface area contributed by atoms with Crippen LogP contribution < -0.4 is 9.47 Å². The van der Waals surface area contributed by atoms with Gasteiger partial charge in [-0.1, -0.05) is 0 Å². The fraction of sp³-hybridized carbons (Fsp3) is 0.176. The number of nitro benzene ring substituents is 1. The second-order valence-corrected chi connectivity index (χ2v) is 5.29. The average Bonchev–Trinajstić information content (AvgIpc) is 2.64. The van der Waals surface area contributed by atoms with Crippen molar-refractivity contribution in [1.29, 1.82) is 0 Å². The summed E-state index contributed by atoms with van der Waals surface area (Å²) in [5.74, 6) is -2.69. The molecule has 2 heterocycles. The summed E-state index contributed by atoms with van der Waals surface area (Å²) in [4.78, 5) is 18.0. The van der Waals surface area contributed by atoms with E-state index < -0.39 is 28.0 Å². The summed E-state index contributed by atoms with van der Waals surface area (Å²) < 4.78 is 43.7. The highest BCUT2D eigenvalue weighted by molar-refractivity contribution is 5.81. The minimum atomic E-state index is -1.20. The largest absolute Gasteiger partial charge is 0.489 e. The molecule has 1 aromatic carbocycles. The number of halogens is 2. The van der Waals surface area contributed by atoms with Gasteiger partial charge in [-0.25, -0.2) is 13.8 Å². The summed E-state index contributed by atoms with van der Waals surface area (Å²) in [7, 11) is 1.55. The number of nitrogens with zero attached hydrogens (tertiary/aromatic N) is 3. The first-order valence-corrected chi connectivity index (χ1v) is 7.67. The molecule has 140 valence electrons. The molecule has 3 aromatic rings. The summed E-state index contributed by atoms with van der Waals surface area (Å²) in [6, 6.07) is 4.13. The summed E-state index contributed by atoms with van der Waals surface area (Å²) >= 11 is 0. The van der Waals surface area contributed by atoms with Crippen molar-refractivity contribution in [3.63, 3.8) is 0 Å². The van der Waals surface area contributed by atoms with Crippen LogP contribution in [0, 0.1) is 21.7 Å². The number of nitro groups is 1. The van der Waals surface area contributed by atoms with Crippen LogP contribution in [-0.2, 0) is 4.74 Å². The number of methoxy groups -OCH3 is 1. The number of non-ortho nitro benzene ring substituents is 1. The Balaban J connectivity index is 1.92. The lowest BCUT2D eigenvalue weighted by molar-refractivity contribution is -0.385. The minimum Gasteiger partial charge on any atom is -0.489 e. The minimum absolute atomic E-state index is 0.0371. The molecule has 0 bridgehead atoms. The molecular formula is C17H13F2N3O5. The van der Waals surface area contributed by atoms with Gasteiger partial charge in [0.1, 0.15) is 17.9 Å². The van der Waals surface area contributed by atoms with E-state index in [0.29, 0.717) is 36.6 Å². The smallest absolute Gasteiger partial charge is 0.275 e. The maximum Gasteiger partial charge on any atom is 0.275 e. The van der Waals surface area contributed by atoms with Gasteiger partial charge in [-0.05, 0) is 0 Å². The van der Waals surface area contributed by atoms with Gasteiger partial charge in [0.15, 0.2) is 23.1 Å². The Labute approximate surface area is 151 Å². The van der Waals surface area contributed by atoms with Gasteiger partial charge in [-0.2, -0.15) is 0 Å².